The van der Waals surface area contributed by atoms with Gasteiger partial charge in [0.15, 0.2) is 17.5 Å². The van der Waals surface area contributed by atoms with Crippen LogP contribution in [0.1, 0.15) is 109 Å². The molecule has 6 rings (SSSR count). The molecule has 33 nitrogen and oxygen atoms in total. The number of aliphatic hydroxyl groups excluding tert-OH is 2. The number of aryl methyl sites for hydroxylation is 6. The molecule has 0 saturated heterocycles. The average Bonchev–Trinajstić information content (AvgIpc) is 3.30. The number of aromatic nitrogens is 9. The summed E-state index contributed by atoms with van der Waals surface area (Å²) in [6, 6.07) is 4.40. The molecule has 0 unspecified atom stereocenters. The van der Waals surface area contributed by atoms with E-state index in [0.717, 1.165) is 13.0 Å². The number of nitrogens with one attached hydrogen (secondary N) is 11. The molecule has 10 amide bonds. The SMILES string of the molecule is CC(=O)Nc1cn(C)c(C(=O)NCC[C@H](O)C(=O)Nc2cn(C)c(C(=O)Nc3cc(C(=O)NCCCC(=O)Nc4cn(C)c(C(=O)Nc5cc(C(=O)NCCC(=O)Nc6cc(C(=O)NCCC(O)=[NH+]CCCN(C)C)n(C)c6)n(C)c5)n4)n(C)c3)n2)n1. The molecule has 87 heavy (non-hydrogen) atoms. The van der Waals surface area contributed by atoms with Crippen molar-refractivity contribution < 1.29 is 63.2 Å². The summed E-state index contributed by atoms with van der Waals surface area (Å²) in [4.78, 5) is 145. The maximum atomic E-state index is 13.3. The Kier molecular flexibility index (Phi) is 23.0. The van der Waals surface area contributed by atoms with Crippen LogP contribution in [0.3, 0.4) is 0 Å². The molecular weight excluding hydrogens is 1130 g/mol. The first kappa shape index (κ1) is 65.7. The molecule has 0 aromatic carbocycles. The van der Waals surface area contributed by atoms with Crippen LogP contribution in [0, 0.1) is 0 Å². The normalized spacial score (nSPS) is 11.6. The molecule has 33 heteroatoms. The fourth-order valence-electron chi connectivity index (χ4n) is 8.54. The monoisotopic (exact) mass is 1210 g/mol. The molecule has 1 atom stereocenters. The van der Waals surface area contributed by atoms with E-state index < -0.39 is 53.4 Å². The van der Waals surface area contributed by atoms with Crippen LogP contribution in [0.5, 0.6) is 0 Å². The lowest BCUT2D eigenvalue weighted by molar-refractivity contribution is -0.468. The largest absolute Gasteiger partial charge is 0.464 e. The van der Waals surface area contributed by atoms with Gasteiger partial charge in [0, 0.05) is 138 Å². The van der Waals surface area contributed by atoms with Crippen molar-refractivity contribution >= 4 is 99.5 Å². The molecule has 0 aliphatic heterocycles. The van der Waals surface area contributed by atoms with Gasteiger partial charge in [0.25, 0.3) is 41.4 Å². The Morgan fingerprint density at radius 1 is 0.494 bits per heavy atom. The van der Waals surface area contributed by atoms with E-state index in [1.54, 1.807) is 46.0 Å². The lowest BCUT2D eigenvalue weighted by atomic mass is 10.2. The molecule has 0 aliphatic rings. The first-order chi connectivity index (χ1) is 41.2. The maximum Gasteiger partial charge on any atom is 0.333 e. The smallest absolute Gasteiger partial charge is 0.333 e. The van der Waals surface area contributed by atoms with Crippen molar-refractivity contribution in [2.24, 2.45) is 42.3 Å². The van der Waals surface area contributed by atoms with E-state index >= 15 is 0 Å². The Morgan fingerprint density at radius 2 is 0.920 bits per heavy atom. The van der Waals surface area contributed by atoms with Crippen molar-refractivity contribution in [3.05, 3.63) is 89.9 Å². The lowest BCUT2D eigenvalue weighted by Crippen LogP contribution is -2.73. The first-order valence-corrected chi connectivity index (χ1v) is 27.4. The Morgan fingerprint density at radius 3 is 1.41 bits per heavy atom. The Bertz CT molecular complexity index is 3560. The molecule has 6 heterocycles. The number of hydrogen-bond acceptors (Lipinski definition) is 15. The number of carbonyl (C=O) groups excluding carboxylic acids is 10. The second-order valence-corrected chi connectivity index (χ2v) is 20.5. The zero-order valence-corrected chi connectivity index (χ0v) is 49.7. The highest BCUT2D eigenvalue weighted by atomic mass is 16.3. The number of rotatable bonds is 30. The molecular formula is C54H74N21O12+. The van der Waals surface area contributed by atoms with Crippen molar-refractivity contribution in [3.8, 4) is 0 Å². The van der Waals surface area contributed by atoms with Gasteiger partial charge in [-0.05, 0) is 45.1 Å². The van der Waals surface area contributed by atoms with Crippen molar-refractivity contribution in [2.75, 3.05) is 85.3 Å². The van der Waals surface area contributed by atoms with Crippen molar-refractivity contribution in [1.82, 2.24) is 68.5 Å². The van der Waals surface area contributed by atoms with Crippen LogP contribution in [0.15, 0.2) is 55.4 Å². The first-order valence-electron chi connectivity index (χ1n) is 27.4. The van der Waals surface area contributed by atoms with Crippen LogP contribution in [0.25, 0.3) is 0 Å². The van der Waals surface area contributed by atoms with Gasteiger partial charge in [0.05, 0.1) is 23.5 Å². The van der Waals surface area contributed by atoms with Crippen molar-refractivity contribution in [1.29, 1.82) is 0 Å². The fourth-order valence-corrected chi connectivity index (χ4v) is 8.54. The van der Waals surface area contributed by atoms with Crippen LogP contribution in [0.4, 0.5) is 34.5 Å². The third-order valence-electron chi connectivity index (χ3n) is 12.8. The maximum absolute atomic E-state index is 13.3. The quantitative estimate of drug-likeness (QED) is 0.0139. The zero-order valence-electron chi connectivity index (χ0n) is 49.7. The second kappa shape index (κ2) is 30.4. The summed E-state index contributed by atoms with van der Waals surface area (Å²) >= 11 is 0. The molecule has 6 aromatic rings. The summed E-state index contributed by atoms with van der Waals surface area (Å²) in [5, 5.41) is 46.8. The van der Waals surface area contributed by atoms with Gasteiger partial charge in [-0.3, -0.25) is 47.9 Å². The molecule has 0 bridgehead atoms. The molecule has 13 N–H and O–H groups in total. The molecule has 0 fully saturated rings. The summed E-state index contributed by atoms with van der Waals surface area (Å²) < 4.78 is 8.69. The highest BCUT2D eigenvalue weighted by Crippen LogP contribution is 2.19. The van der Waals surface area contributed by atoms with Crippen molar-refractivity contribution in [2.45, 2.75) is 51.6 Å². The minimum absolute atomic E-state index is 0.000164. The number of hydrogen-bond donors (Lipinski definition) is 13. The van der Waals surface area contributed by atoms with Gasteiger partial charge in [-0.15, -0.1) is 0 Å². The van der Waals surface area contributed by atoms with E-state index in [9.17, 15) is 58.2 Å². The highest BCUT2D eigenvalue weighted by molar-refractivity contribution is 6.05. The van der Waals surface area contributed by atoms with E-state index in [4.69, 9.17) is 0 Å². The third-order valence-corrected chi connectivity index (χ3v) is 12.8. The summed E-state index contributed by atoms with van der Waals surface area (Å²) in [5.74, 6) is -5.21. The number of amides is 10. The number of aliphatic hydroxyl groups is 2. The number of anilines is 6. The molecule has 0 radical (unpaired) electrons. The molecule has 6 aromatic heterocycles. The number of nitrogens with zero attached hydrogens (tertiary/aromatic N) is 10. The van der Waals surface area contributed by atoms with E-state index in [0.29, 0.717) is 17.9 Å². The van der Waals surface area contributed by atoms with Gasteiger partial charge < -0.3 is 95.7 Å². The number of carbonyl (C=O) groups is 10. The molecule has 0 aliphatic carbocycles. The molecule has 0 spiro atoms. The van der Waals surface area contributed by atoms with Gasteiger partial charge in [-0.1, -0.05) is 0 Å². The van der Waals surface area contributed by atoms with E-state index in [1.165, 1.54) is 86.0 Å². The zero-order chi connectivity index (χ0) is 63.6. The van der Waals surface area contributed by atoms with Gasteiger partial charge in [0.1, 0.15) is 29.7 Å². The van der Waals surface area contributed by atoms with E-state index in [2.05, 4.69) is 73.1 Å². The van der Waals surface area contributed by atoms with E-state index in [1.807, 2.05) is 19.0 Å². The third kappa shape index (κ3) is 19.3. The van der Waals surface area contributed by atoms with Crippen LogP contribution in [-0.4, -0.2) is 182 Å². The lowest BCUT2D eigenvalue weighted by Gasteiger charge is -2.10. The number of imidazole rings is 3. The second-order valence-electron chi connectivity index (χ2n) is 20.5. The molecule has 0 saturated carbocycles. The predicted molar refractivity (Wildman–Crippen MR) is 317 cm³/mol. The van der Waals surface area contributed by atoms with E-state index in [-0.39, 0.29) is 134 Å². The fraction of sp³-hybridized carbons (Fsp3) is 0.407. The van der Waals surface area contributed by atoms with Gasteiger partial charge >= 0.3 is 5.90 Å². The Labute approximate surface area is 498 Å². The highest BCUT2D eigenvalue weighted by Gasteiger charge is 2.24. The summed E-state index contributed by atoms with van der Waals surface area (Å²) in [6.45, 7) is 2.95. The van der Waals surface area contributed by atoms with Crippen LogP contribution >= 0.6 is 0 Å². The Balaban J connectivity index is 0.869. The Hall–Kier alpha value is -10.4. The van der Waals surface area contributed by atoms with Gasteiger partial charge in [0.2, 0.25) is 35.2 Å². The average molecular weight is 1210 g/mol. The topological polar surface area (TPSA) is 417 Å². The summed E-state index contributed by atoms with van der Waals surface area (Å²) in [6.07, 6.45) is 8.32. The molecule has 466 valence electrons. The summed E-state index contributed by atoms with van der Waals surface area (Å²) in [5.41, 5.74) is 1.56. The van der Waals surface area contributed by atoms with Crippen LogP contribution in [-0.2, 0) is 61.5 Å². The standard InChI is InChI=1S/C54H73N21O12/c1-31(76)60-39-28-73(7)45(65-39)52(85)59-18-13-38(77)51(84)68-41-30-75(9)47(67-41)54(87)63-33-23-36(71(5)26-33)48(81)56-16-10-12-43(79)64-40-29-74(8)46(66-40)53(86)62-34-24-37(72(6)27-34)50(83)58-20-15-44(80)61-32-22-35(70(4)25-32)49(82)57-19-14-42(78)55-17-11-21-69(2)3/h22-30,38,77H,10-21H2,1-9H3,(H,55,78)(H,56,81)(H,57,82)(H,58,83)(H,59,85)(H,60,76)(H,61,80)(H,62,86)(H,63,87)(H,64,79)(H,68,84)/p+1/t38-/m0/s1. The van der Waals surface area contributed by atoms with Crippen molar-refractivity contribution in [3.63, 3.8) is 0 Å². The predicted octanol–water partition coefficient (Wildman–Crippen LogP) is -1.50. The summed E-state index contributed by atoms with van der Waals surface area (Å²) in [7, 11) is 13.4. The minimum Gasteiger partial charge on any atom is -0.464 e. The van der Waals surface area contributed by atoms with Crippen LogP contribution < -0.4 is 58.2 Å². The van der Waals surface area contributed by atoms with Gasteiger partial charge in [-0.2, -0.15) is 0 Å². The van der Waals surface area contributed by atoms with Gasteiger partial charge in [-0.25, -0.2) is 19.9 Å². The van der Waals surface area contributed by atoms with Crippen LogP contribution in [0.2, 0.25) is 0 Å². The minimum atomic E-state index is -1.56.